The Labute approximate surface area is 143 Å². The average Bonchev–Trinajstić information content (AvgIpc) is 2.48. The van der Waals surface area contributed by atoms with Crippen LogP contribution in [0.2, 0.25) is 0 Å². The van der Waals surface area contributed by atoms with Crippen LogP contribution in [-0.4, -0.2) is 28.2 Å². The predicted molar refractivity (Wildman–Crippen MR) is 102 cm³/mol. The molecule has 0 radical (unpaired) electrons. The van der Waals surface area contributed by atoms with E-state index in [1.807, 2.05) is 45.2 Å². The van der Waals surface area contributed by atoms with Gasteiger partial charge in [0, 0.05) is 45.1 Å². The fraction of sp³-hybridized carbons (Fsp3) is 0.238. The summed E-state index contributed by atoms with van der Waals surface area (Å²) in [4.78, 5) is 3.99. The molecule has 0 N–H and O–H groups in total. The lowest BCUT2D eigenvalue weighted by molar-refractivity contribution is 0.624. The van der Waals surface area contributed by atoms with Gasteiger partial charge in [-0.25, -0.2) is 4.39 Å². The minimum Gasteiger partial charge on any atom is -0.378 e. The lowest BCUT2D eigenvalue weighted by atomic mass is 9.86. The Kier molecular flexibility index (Phi) is 4.18. The molecule has 0 saturated carbocycles. The summed E-state index contributed by atoms with van der Waals surface area (Å²) in [5, 5.41) is 0. The number of benzene rings is 2. The van der Waals surface area contributed by atoms with Gasteiger partial charge in [-0.2, -0.15) is 0 Å². The summed E-state index contributed by atoms with van der Waals surface area (Å²) in [7, 11) is 7.90. The molecule has 2 aromatic carbocycles. The Balaban J connectivity index is 1.83. The van der Waals surface area contributed by atoms with Crippen molar-refractivity contribution in [2.75, 3.05) is 38.0 Å². The Morgan fingerprint density at radius 2 is 1.21 bits per heavy atom. The lowest BCUT2D eigenvalue weighted by Gasteiger charge is -2.21. The zero-order valence-corrected chi connectivity index (χ0v) is 14.9. The van der Waals surface area contributed by atoms with Gasteiger partial charge in [-0.05, 0) is 71.7 Å². The highest BCUT2D eigenvalue weighted by atomic mass is 19.1. The summed E-state index contributed by atoms with van der Waals surface area (Å²) in [6.45, 7) is 2.11. The van der Waals surface area contributed by atoms with Gasteiger partial charge in [-0.3, -0.25) is 0 Å². The third kappa shape index (κ3) is 2.94. The molecule has 0 heterocycles. The fourth-order valence-corrected chi connectivity index (χ4v) is 2.90. The van der Waals surface area contributed by atoms with Gasteiger partial charge in [0.15, 0.2) is 0 Å². The van der Waals surface area contributed by atoms with Crippen molar-refractivity contribution in [3.8, 4) is 0 Å². The summed E-state index contributed by atoms with van der Waals surface area (Å²) in [6, 6.07) is 11.8. The third-order valence-electron chi connectivity index (χ3n) is 4.44. The van der Waals surface area contributed by atoms with Crippen molar-refractivity contribution in [2.45, 2.75) is 6.92 Å². The van der Waals surface area contributed by atoms with E-state index in [1.54, 1.807) is 6.07 Å². The molecule has 1 aliphatic rings. The summed E-state index contributed by atoms with van der Waals surface area (Å²) in [5.74, 6) is -0.178. The van der Waals surface area contributed by atoms with Crippen LogP contribution in [0.15, 0.2) is 48.6 Å². The molecule has 124 valence electrons. The number of hydrogen-bond acceptors (Lipinski definition) is 2. The van der Waals surface area contributed by atoms with Crippen molar-refractivity contribution in [3.63, 3.8) is 0 Å². The van der Waals surface area contributed by atoms with Crippen LogP contribution in [0, 0.1) is 12.7 Å². The van der Waals surface area contributed by atoms with E-state index in [9.17, 15) is 4.39 Å². The molecule has 2 aromatic rings. The molecule has 0 atom stereocenters. The van der Waals surface area contributed by atoms with Gasteiger partial charge in [0.05, 0.1) is 0 Å². The molecule has 0 saturated heterocycles. The maximum atomic E-state index is 14.3. The zero-order chi connectivity index (χ0) is 17.4. The molecule has 0 aliphatic heterocycles. The summed E-state index contributed by atoms with van der Waals surface area (Å²) in [5.41, 5.74) is 7.25. The van der Waals surface area contributed by atoms with Crippen molar-refractivity contribution in [2.24, 2.45) is 0 Å². The van der Waals surface area contributed by atoms with E-state index in [0.29, 0.717) is 5.56 Å². The molecule has 3 rings (SSSR count). The van der Waals surface area contributed by atoms with E-state index in [0.717, 1.165) is 16.8 Å². The van der Waals surface area contributed by atoms with Gasteiger partial charge >= 0.3 is 0 Å². The second kappa shape index (κ2) is 6.16. The zero-order valence-electron chi connectivity index (χ0n) is 14.9. The van der Waals surface area contributed by atoms with E-state index in [4.69, 9.17) is 0 Å². The molecule has 2 nitrogen and oxygen atoms in total. The van der Waals surface area contributed by atoms with Gasteiger partial charge in [-0.15, -0.1) is 0 Å². The second-order valence-corrected chi connectivity index (χ2v) is 6.65. The molecule has 0 bridgehead atoms. The standard InChI is InChI=1S/C21H23FN2/c1-14-10-17(23(2)3)6-8-19(14)15-11-16(12-15)20-9-7-18(24(4)5)13-21(20)22/h6-13H,1-5H3. The van der Waals surface area contributed by atoms with Crippen molar-refractivity contribution in [3.05, 3.63) is 71.1 Å². The van der Waals surface area contributed by atoms with Crippen LogP contribution in [0.25, 0.3) is 11.1 Å². The van der Waals surface area contributed by atoms with Gasteiger partial charge in [-0.1, -0.05) is 6.07 Å². The Bertz CT molecular complexity index is 768. The third-order valence-corrected chi connectivity index (χ3v) is 4.44. The van der Waals surface area contributed by atoms with Gasteiger partial charge in [0.1, 0.15) is 5.82 Å². The number of nitrogens with zero attached hydrogens (tertiary/aromatic N) is 2. The van der Waals surface area contributed by atoms with Crippen LogP contribution in [0.1, 0.15) is 16.7 Å². The topological polar surface area (TPSA) is 6.48 Å². The van der Waals surface area contributed by atoms with E-state index in [-0.39, 0.29) is 5.82 Å². The molecule has 24 heavy (non-hydrogen) atoms. The van der Waals surface area contributed by atoms with Gasteiger partial charge in [0.2, 0.25) is 0 Å². The number of anilines is 2. The molecule has 0 unspecified atom stereocenters. The van der Waals surface area contributed by atoms with Crippen molar-refractivity contribution in [1.29, 1.82) is 0 Å². The van der Waals surface area contributed by atoms with Crippen LogP contribution in [0.4, 0.5) is 15.8 Å². The number of rotatable bonds is 4. The van der Waals surface area contributed by atoms with Crippen LogP contribution in [-0.2, 0) is 0 Å². The Morgan fingerprint density at radius 3 is 1.71 bits per heavy atom. The smallest absolute Gasteiger partial charge is 0.133 e. The summed E-state index contributed by atoms with van der Waals surface area (Å²) in [6.07, 6.45) is 4.12. The maximum absolute atomic E-state index is 14.3. The Morgan fingerprint density at radius 1 is 0.708 bits per heavy atom. The monoisotopic (exact) mass is 322 g/mol. The number of aryl methyl sites for hydroxylation is 1. The predicted octanol–water partition coefficient (Wildman–Crippen LogP) is 4.75. The first-order valence-electron chi connectivity index (χ1n) is 8.06. The molecule has 0 aromatic heterocycles. The van der Waals surface area contributed by atoms with Crippen LogP contribution >= 0.6 is 0 Å². The lowest BCUT2D eigenvalue weighted by Crippen LogP contribution is -2.09. The summed E-state index contributed by atoms with van der Waals surface area (Å²) < 4.78 is 14.3. The van der Waals surface area contributed by atoms with Crippen LogP contribution in [0.3, 0.4) is 0 Å². The SMILES string of the molecule is Cc1cc(N(C)C)ccc1C1=CC(c2ccc(N(C)C)cc2F)=C1. The molecular weight excluding hydrogens is 299 g/mol. The first kappa shape index (κ1) is 16.3. The maximum Gasteiger partial charge on any atom is 0.133 e. The second-order valence-electron chi connectivity index (χ2n) is 6.65. The molecular formula is C21H23FN2. The largest absolute Gasteiger partial charge is 0.378 e. The molecule has 1 aliphatic carbocycles. The summed E-state index contributed by atoms with van der Waals surface area (Å²) >= 11 is 0. The first-order valence-corrected chi connectivity index (χ1v) is 8.06. The molecule has 3 heteroatoms. The van der Waals surface area contributed by atoms with Crippen LogP contribution < -0.4 is 9.80 Å². The number of halogens is 1. The number of hydrogen-bond donors (Lipinski definition) is 0. The first-order chi connectivity index (χ1) is 11.4. The Hall–Kier alpha value is -2.55. The van der Waals surface area contributed by atoms with Crippen molar-refractivity contribution in [1.82, 2.24) is 0 Å². The van der Waals surface area contributed by atoms with Gasteiger partial charge in [0.25, 0.3) is 0 Å². The van der Waals surface area contributed by atoms with Crippen molar-refractivity contribution >= 4 is 22.5 Å². The van der Waals surface area contributed by atoms with E-state index >= 15 is 0 Å². The highest BCUT2D eigenvalue weighted by Crippen LogP contribution is 2.37. The quantitative estimate of drug-likeness (QED) is 0.802. The van der Waals surface area contributed by atoms with E-state index < -0.39 is 0 Å². The van der Waals surface area contributed by atoms with Crippen molar-refractivity contribution < 1.29 is 4.39 Å². The van der Waals surface area contributed by atoms with E-state index in [2.05, 4.69) is 42.2 Å². The van der Waals surface area contributed by atoms with Gasteiger partial charge < -0.3 is 9.80 Å². The molecule has 0 fully saturated rings. The highest BCUT2D eigenvalue weighted by molar-refractivity contribution is 6.01. The highest BCUT2D eigenvalue weighted by Gasteiger charge is 2.17. The number of allylic oxidation sites excluding steroid dienone is 4. The minimum absolute atomic E-state index is 0.178. The fourth-order valence-electron chi connectivity index (χ4n) is 2.90. The molecule has 0 amide bonds. The normalized spacial score (nSPS) is 13.1. The van der Waals surface area contributed by atoms with Crippen LogP contribution in [0.5, 0.6) is 0 Å². The average molecular weight is 322 g/mol. The molecule has 0 spiro atoms. The van der Waals surface area contributed by atoms with E-state index in [1.165, 1.54) is 16.8 Å². The minimum atomic E-state index is -0.178.